The van der Waals surface area contributed by atoms with Gasteiger partial charge in [0, 0.05) is 36.5 Å². The molecule has 0 unspecified atom stereocenters. The Morgan fingerprint density at radius 2 is 1.64 bits per heavy atom. The number of benzene rings is 1. The summed E-state index contributed by atoms with van der Waals surface area (Å²) in [6, 6.07) is 4.41. The van der Waals surface area contributed by atoms with Crippen molar-refractivity contribution in [1.82, 2.24) is 15.1 Å². The van der Waals surface area contributed by atoms with Crippen LogP contribution < -0.4 is 15.8 Å². The number of esters is 1. The Balaban J connectivity index is 2.09. The number of halogens is 1. The Bertz CT molecular complexity index is 1230. The van der Waals surface area contributed by atoms with Crippen LogP contribution in [0.1, 0.15) is 68.7 Å². The molecule has 0 spiro atoms. The minimum absolute atomic E-state index is 0.127. The highest BCUT2D eigenvalue weighted by molar-refractivity contribution is 6.74. The fourth-order valence-electron chi connectivity index (χ4n) is 3.53. The van der Waals surface area contributed by atoms with Crippen molar-refractivity contribution in [2.45, 2.75) is 111 Å². The van der Waals surface area contributed by atoms with Gasteiger partial charge in [-0.25, -0.2) is 14.0 Å². The lowest BCUT2D eigenvalue weighted by Crippen LogP contribution is -2.49. The Hall–Kier alpha value is -3.12. The first-order chi connectivity index (χ1) is 19.1. The smallest absolute Gasteiger partial charge is 0.407 e. The molecule has 3 N–H and O–H groups in total. The van der Waals surface area contributed by atoms with Crippen LogP contribution in [-0.4, -0.2) is 60.6 Å². The molecule has 0 aliphatic rings. The van der Waals surface area contributed by atoms with E-state index in [2.05, 4.69) is 31.2 Å². The summed E-state index contributed by atoms with van der Waals surface area (Å²) in [5.74, 6) is -0.659. The third-order valence-electron chi connectivity index (χ3n) is 6.57. The second kappa shape index (κ2) is 13.5. The van der Waals surface area contributed by atoms with E-state index < -0.39 is 43.5 Å². The molecule has 1 aromatic carbocycles. The number of nitrogen functional groups attached to an aromatic ring is 1. The van der Waals surface area contributed by atoms with E-state index in [9.17, 15) is 9.59 Å². The van der Waals surface area contributed by atoms with E-state index >= 15 is 4.39 Å². The average Bonchev–Trinajstić information content (AvgIpc) is 3.16. The molecule has 42 heavy (non-hydrogen) atoms. The summed E-state index contributed by atoms with van der Waals surface area (Å²) in [6.45, 7) is 21.8. The molecule has 1 heterocycles. The molecule has 0 radical (unpaired) electrons. The molecule has 12 heteroatoms. The Morgan fingerprint density at radius 3 is 2.19 bits per heavy atom. The molecular weight excluding hydrogens is 559 g/mol. The van der Waals surface area contributed by atoms with Crippen LogP contribution in [0.2, 0.25) is 18.1 Å². The number of aryl methyl sites for hydroxylation is 1. The van der Waals surface area contributed by atoms with Gasteiger partial charge in [-0.3, -0.25) is 4.68 Å². The Labute approximate surface area is 250 Å². The fraction of sp³-hybridized carbons (Fsp3) is 0.633. The number of alkyl carbamates (subject to hydrolysis) is 1. The minimum Gasteiger partial charge on any atom is -0.490 e. The van der Waals surface area contributed by atoms with Crippen molar-refractivity contribution < 1.29 is 32.6 Å². The van der Waals surface area contributed by atoms with Crippen LogP contribution in [0.5, 0.6) is 5.75 Å². The summed E-state index contributed by atoms with van der Waals surface area (Å²) >= 11 is 0. The molecule has 0 fully saturated rings. The zero-order chi connectivity index (χ0) is 32.1. The van der Waals surface area contributed by atoms with E-state index in [1.807, 2.05) is 13.1 Å². The standard InChI is InChI=1S/C30H49FN4O6Si/c1-28(2,3)39-26(36)24(41-42(10,11)30(7,8)9)19-38-20-13-14-21(23(31)17-20)22-18-35(34-25(22)32)16-12-15-33-27(37)40-29(4,5)6/h13-14,17-18,24H,12,15-16,19H2,1-11H3,(H2,32,34)(H,33,37)/t24-/m1/s1. The molecule has 0 bridgehead atoms. The van der Waals surface area contributed by atoms with E-state index in [0.29, 0.717) is 25.1 Å². The SMILES string of the molecule is CC(C)(C)OC(=O)NCCCn1cc(-c2ccc(OC[C@@H](O[Si](C)(C)C(C)(C)C)C(=O)OC(C)(C)C)cc2F)c(N)n1. The fourth-order valence-corrected chi connectivity index (χ4v) is 4.76. The first-order valence-electron chi connectivity index (χ1n) is 14.2. The Morgan fingerprint density at radius 1 is 1.02 bits per heavy atom. The predicted molar refractivity (Wildman–Crippen MR) is 164 cm³/mol. The van der Waals surface area contributed by atoms with Crippen LogP contribution in [0.15, 0.2) is 24.4 Å². The number of anilines is 1. The largest absolute Gasteiger partial charge is 0.490 e. The van der Waals surface area contributed by atoms with E-state index in [4.69, 9.17) is 24.4 Å². The van der Waals surface area contributed by atoms with Crippen LogP contribution in [0.3, 0.4) is 0 Å². The number of nitrogens with one attached hydrogen (secondary N) is 1. The van der Waals surface area contributed by atoms with Gasteiger partial charge in [0.1, 0.15) is 29.4 Å². The average molecular weight is 609 g/mol. The molecule has 236 valence electrons. The first-order valence-corrected chi connectivity index (χ1v) is 17.1. The number of hydrogen-bond acceptors (Lipinski definition) is 8. The zero-order valence-electron chi connectivity index (χ0n) is 27.0. The topological polar surface area (TPSA) is 127 Å². The summed E-state index contributed by atoms with van der Waals surface area (Å²) in [7, 11) is -2.34. The highest BCUT2D eigenvalue weighted by atomic mass is 28.4. The Kier molecular flexibility index (Phi) is 11.2. The normalized spacial score (nSPS) is 13.4. The van der Waals surface area contributed by atoms with Gasteiger partial charge in [0.25, 0.3) is 0 Å². The molecule has 0 saturated heterocycles. The number of nitrogens with zero attached hydrogens (tertiary/aromatic N) is 2. The van der Waals surface area contributed by atoms with Gasteiger partial charge in [-0.2, -0.15) is 5.10 Å². The van der Waals surface area contributed by atoms with E-state index in [1.54, 1.807) is 64.6 Å². The second-order valence-electron chi connectivity index (χ2n) is 13.8. The minimum atomic E-state index is -2.34. The number of rotatable bonds is 11. The van der Waals surface area contributed by atoms with Crippen molar-refractivity contribution in [1.29, 1.82) is 0 Å². The number of carbonyl (C=O) groups is 2. The third-order valence-corrected chi connectivity index (χ3v) is 11.1. The molecule has 10 nitrogen and oxygen atoms in total. The van der Waals surface area contributed by atoms with E-state index in [-0.39, 0.29) is 28.8 Å². The van der Waals surface area contributed by atoms with Gasteiger partial charge in [0.2, 0.25) is 0 Å². The number of hydrogen-bond donors (Lipinski definition) is 2. The molecule has 1 amide bonds. The third kappa shape index (κ3) is 10.9. The van der Waals surface area contributed by atoms with Crippen molar-refractivity contribution in [3.63, 3.8) is 0 Å². The summed E-state index contributed by atoms with van der Waals surface area (Å²) in [4.78, 5) is 24.8. The maximum absolute atomic E-state index is 15.2. The van der Waals surface area contributed by atoms with Crippen LogP contribution >= 0.6 is 0 Å². The van der Waals surface area contributed by atoms with E-state index in [1.165, 1.54) is 6.07 Å². The maximum atomic E-state index is 15.2. The lowest BCUT2D eigenvalue weighted by atomic mass is 10.1. The van der Waals surface area contributed by atoms with Crippen molar-refractivity contribution in [2.75, 3.05) is 18.9 Å². The van der Waals surface area contributed by atoms with Gasteiger partial charge in [-0.1, -0.05) is 20.8 Å². The molecule has 2 rings (SSSR count). The molecule has 1 aromatic heterocycles. The molecule has 0 saturated carbocycles. The zero-order valence-corrected chi connectivity index (χ0v) is 28.0. The van der Waals surface area contributed by atoms with Gasteiger partial charge < -0.3 is 29.7 Å². The van der Waals surface area contributed by atoms with Crippen molar-refractivity contribution in [3.8, 4) is 16.9 Å². The highest BCUT2D eigenvalue weighted by Gasteiger charge is 2.42. The van der Waals surface area contributed by atoms with Crippen molar-refractivity contribution in [3.05, 3.63) is 30.2 Å². The monoisotopic (exact) mass is 608 g/mol. The molecule has 0 aliphatic carbocycles. The molecule has 0 aliphatic heterocycles. The molecular formula is C30H49FN4O6Si. The number of aromatic nitrogens is 2. The van der Waals surface area contributed by atoms with Crippen molar-refractivity contribution in [2.24, 2.45) is 0 Å². The van der Waals surface area contributed by atoms with Crippen LogP contribution in [0.4, 0.5) is 15.0 Å². The quantitative estimate of drug-likeness (QED) is 0.173. The summed E-state index contributed by atoms with van der Waals surface area (Å²) in [5.41, 5.74) is 5.53. The molecule has 2 aromatic rings. The van der Waals surface area contributed by atoms with Gasteiger partial charge >= 0.3 is 12.1 Å². The lowest BCUT2D eigenvalue weighted by molar-refractivity contribution is -0.165. The molecule has 1 atom stereocenters. The lowest BCUT2D eigenvalue weighted by Gasteiger charge is -2.39. The van der Waals surface area contributed by atoms with Crippen LogP contribution in [0, 0.1) is 5.82 Å². The maximum Gasteiger partial charge on any atom is 0.407 e. The van der Waals surface area contributed by atoms with Crippen LogP contribution in [-0.2, 0) is 25.2 Å². The van der Waals surface area contributed by atoms with Crippen molar-refractivity contribution >= 4 is 26.2 Å². The van der Waals surface area contributed by atoms with Crippen LogP contribution in [0.25, 0.3) is 11.1 Å². The summed E-state index contributed by atoms with van der Waals surface area (Å²) < 4.78 is 39.8. The second-order valence-corrected chi connectivity index (χ2v) is 18.6. The summed E-state index contributed by atoms with van der Waals surface area (Å²) in [6.07, 6.45) is 0.779. The number of carbonyl (C=O) groups excluding carboxylic acids is 2. The first kappa shape index (κ1) is 35.1. The summed E-state index contributed by atoms with van der Waals surface area (Å²) in [5, 5.41) is 6.83. The van der Waals surface area contributed by atoms with Gasteiger partial charge in [0.05, 0.1) is 0 Å². The predicted octanol–water partition coefficient (Wildman–Crippen LogP) is 6.30. The number of amides is 1. The number of ether oxygens (including phenoxy) is 3. The number of nitrogens with two attached hydrogens (primary N) is 1. The highest BCUT2D eigenvalue weighted by Crippen LogP contribution is 2.38. The van der Waals surface area contributed by atoms with Gasteiger partial charge in [0.15, 0.2) is 20.2 Å². The van der Waals surface area contributed by atoms with Gasteiger partial charge in [-0.05, 0) is 78.2 Å². The van der Waals surface area contributed by atoms with E-state index in [0.717, 1.165) is 0 Å². The van der Waals surface area contributed by atoms with Gasteiger partial charge in [-0.15, -0.1) is 0 Å².